The summed E-state index contributed by atoms with van der Waals surface area (Å²) in [5.41, 5.74) is -0.412. The zero-order chi connectivity index (χ0) is 18.1. The Labute approximate surface area is 152 Å². The summed E-state index contributed by atoms with van der Waals surface area (Å²) in [5.74, 6) is -0.218. The van der Waals surface area contributed by atoms with E-state index < -0.39 is 5.41 Å². The molecule has 0 bridgehead atoms. The van der Waals surface area contributed by atoms with E-state index >= 15 is 0 Å². The molecule has 26 heavy (non-hydrogen) atoms. The van der Waals surface area contributed by atoms with Crippen LogP contribution in [0.5, 0.6) is 5.75 Å². The molecular formula is C19H25N3O4. The first kappa shape index (κ1) is 17.3. The minimum atomic E-state index is -0.476. The van der Waals surface area contributed by atoms with Crippen molar-refractivity contribution in [2.45, 2.75) is 38.1 Å². The molecular weight excluding hydrogens is 334 g/mol. The van der Waals surface area contributed by atoms with E-state index in [4.69, 9.17) is 4.74 Å². The van der Waals surface area contributed by atoms with Crippen LogP contribution in [0.25, 0.3) is 0 Å². The first-order valence-corrected chi connectivity index (χ1v) is 9.43. The van der Waals surface area contributed by atoms with E-state index in [9.17, 15) is 14.7 Å². The maximum absolute atomic E-state index is 13.3. The van der Waals surface area contributed by atoms with Crippen LogP contribution < -0.4 is 0 Å². The second-order valence-electron chi connectivity index (χ2n) is 7.57. The van der Waals surface area contributed by atoms with Gasteiger partial charge in [0, 0.05) is 45.1 Å². The number of likely N-dealkylation sites (tertiary alicyclic amines) is 2. The molecule has 7 heteroatoms. The highest BCUT2D eigenvalue weighted by molar-refractivity contribution is 5.96. The third-order valence-electron chi connectivity index (χ3n) is 6.03. The van der Waals surface area contributed by atoms with E-state index in [1.54, 1.807) is 11.0 Å². The Morgan fingerprint density at radius 1 is 1.27 bits per heavy atom. The molecule has 3 aliphatic heterocycles. The summed E-state index contributed by atoms with van der Waals surface area (Å²) < 4.78 is 5.43. The number of carbonyl (C=O) groups excluding carboxylic acids is 2. The molecule has 1 N–H and O–H groups in total. The fraction of sp³-hybridized carbons (Fsp3) is 0.632. The van der Waals surface area contributed by atoms with E-state index in [0.717, 1.165) is 32.2 Å². The molecule has 1 aromatic heterocycles. The lowest BCUT2D eigenvalue weighted by atomic mass is 9.77. The number of aromatic hydroxyl groups is 1. The SMILES string of the molecule is O=C(c1ncccc1O)N1CC[C@@]2(CCCN(C3CCOCC3)C2=O)C1. The molecule has 0 saturated carbocycles. The lowest BCUT2D eigenvalue weighted by Gasteiger charge is -2.44. The number of nitrogens with zero attached hydrogens (tertiary/aromatic N) is 3. The lowest BCUT2D eigenvalue weighted by Crippen LogP contribution is -2.55. The van der Waals surface area contributed by atoms with Gasteiger partial charge >= 0.3 is 0 Å². The van der Waals surface area contributed by atoms with Crippen LogP contribution in [0, 0.1) is 5.41 Å². The molecule has 3 aliphatic rings. The normalized spacial score (nSPS) is 27.3. The molecule has 7 nitrogen and oxygen atoms in total. The van der Waals surface area contributed by atoms with E-state index in [2.05, 4.69) is 4.98 Å². The molecule has 3 fully saturated rings. The average Bonchev–Trinajstić information content (AvgIpc) is 3.10. The molecule has 0 unspecified atom stereocenters. The predicted molar refractivity (Wildman–Crippen MR) is 93.6 cm³/mol. The van der Waals surface area contributed by atoms with Gasteiger partial charge in [0.15, 0.2) is 5.69 Å². The fourth-order valence-electron chi connectivity index (χ4n) is 4.58. The van der Waals surface area contributed by atoms with Crippen molar-refractivity contribution in [1.29, 1.82) is 0 Å². The molecule has 1 aromatic rings. The van der Waals surface area contributed by atoms with Gasteiger partial charge in [-0.15, -0.1) is 0 Å². The van der Waals surface area contributed by atoms with Gasteiger partial charge in [-0.1, -0.05) is 0 Å². The van der Waals surface area contributed by atoms with Crippen LogP contribution in [-0.4, -0.2) is 70.6 Å². The molecule has 3 saturated heterocycles. The van der Waals surface area contributed by atoms with Crippen molar-refractivity contribution >= 4 is 11.8 Å². The average molecular weight is 359 g/mol. The van der Waals surface area contributed by atoms with Gasteiger partial charge < -0.3 is 19.6 Å². The highest BCUT2D eigenvalue weighted by atomic mass is 16.5. The van der Waals surface area contributed by atoms with Crippen molar-refractivity contribution in [3.8, 4) is 5.75 Å². The van der Waals surface area contributed by atoms with Gasteiger partial charge in [-0.05, 0) is 44.2 Å². The molecule has 2 amide bonds. The van der Waals surface area contributed by atoms with Crippen LogP contribution in [0.1, 0.15) is 42.6 Å². The van der Waals surface area contributed by atoms with Gasteiger partial charge in [0.05, 0.1) is 5.41 Å². The van der Waals surface area contributed by atoms with Crippen molar-refractivity contribution in [2.75, 3.05) is 32.8 Å². The quantitative estimate of drug-likeness (QED) is 0.863. The fourth-order valence-corrected chi connectivity index (χ4v) is 4.58. The summed E-state index contributed by atoms with van der Waals surface area (Å²) in [7, 11) is 0. The number of hydrogen-bond donors (Lipinski definition) is 1. The van der Waals surface area contributed by atoms with Crippen molar-refractivity contribution in [3.05, 3.63) is 24.0 Å². The van der Waals surface area contributed by atoms with Crippen LogP contribution in [0.2, 0.25) is 0 Å². The Kier molecular flexibility index (Phi) is 4.56. The van der Waals surface area contributed by atoms with Crippen molar-refractivity contribution < 1.29 is 19.4 Å². The number of pyridine rings is 1. The summed E-state index contributed by atoms with van der Waals surface area (Å²) >= 11 is 0. The van der Waals surface area contributed by atoms with E-state index in [1.807, 2.05) is 4.90 Å². The summed E-state index contributed by atoms with van der Waals surface area (Å²) in [6.07, 6.45) is 5.77. The zero-order valence-electron chi connectivity index (χ0n) is 14.9. The highest BCUT2D eigenvalue weighted by Gasteiger charge is 2.50. The summed E-state index contributed by atoms with van der Waals surface area (Å²) in [4.78, 5) is 33.8. The minimum absolute atomic E-state index is 0.0640. The number of amides is 2. The number of aromatic nitrogens is 1. The van der Waals surface area contributed by atoms with E-state index in [1.165, 1.54) is 12.3 Å². The van der Waals surface area contributed by atoms with E-state index in [0.29, 0.717) is 32.7 Å². The van der Waals surface area contributed by atoms with Gasteiger partial charge in [0.2, 0.25) is 5.91 Å². The van der Waals surface area contributed by atoms with Gasteiger partial charge in [-0.2, -0.15) is 0 Å². The third-order valence-corrected chi connectivity index (χ3v) is 6.03. The molecule has 140 valence electrons. The van der Waals surface area contributed by atoms with Gasteiger partial charge in [-0.3, -0.25) is 9.59 Å². The molecule has 4 heterocycles. The topological polar surface area (TPSA) is 83.0 Å². The number of carbonyl (C=O) groups is 2. The zero-order valence-corrected chi connectivity index (χ0v) is 14.9. The Morgan fingerprint density at radius 2 is 2.08 bits per heavy atom. The Balaban J connectivity index is 1.50. The molecule has 1 spiro atoms. The standard InChI is InChI=1S/C19H25N3O4/c23-15-3-1-8-20-16(15)17(24)21-10-7-19(13-21)6-2-9-22(18(19)25)14-4-11-26-12-5-14/h1,3,8,14,23H,2,4-7,9-13H2/t19-/m0/s1. The van der Waals surface area contributed by atoms with Crippen LogP contribution in [0.4, 0.5) is 0 Å². The predicted octanol–water partition coefficient (Wildman–Crippen LogP) is 1.42. The number of rotatable bonds is 2. The monoisotopic (exact) mass is 359 g/mol. The van der Waals surface area contributed by atoms with E-state index in [-0.39, 0.29) is 29.3 Å². The number of hydrogen-bond acceptors (Lipinski definition) is 5. The lowest BCUT2D eigenvalue weighted by molar-refractivity contribution is -0.150. The maximum Gasteiger partial charge on any atom is 0.276 e. The van der Waals surface area contributed by atoms with Gasteiger partial charge in [-0.25, -0.2) is 4.98 Å². The first-order valence-electron chi connectivity index (χ1n) is 9.43. The summed E-state index contributed by atoms with van der Waals surface area (Å²) in [6, 6.07) is 3.32. The van der Waals surface area contributed by atoms with Crippen molar-refractivity contribution in [2.24, 2.45) is 5.41 Å². The molecule has 0 aromatic carbocycles. The molecule has 0 radical (unpaired) electrons. The van der Waals surface area contributed by atoms with Crippen molar-refractivity contribution in [1.82, 2.24) is 14.8 Å². The largest absolute Gasteiger partial charge is 0.505 e. The van der Waals surface area contributed by atoms with Crippen LogP contribution in [-0.2, 0) is 9.53 Å². The van der Waals surface area contributed by atoms with Gasteiger partial charge in [0.25, 0.3) is 5.91 Å². The van der Waals surface area contributed by atoms with Crippen LogP contribution in [0.3, 0.4) is 0 Å². The number of piperidine rings is 1. The number of ether oxygens (including phenoxy) is 1. The molecule has 4 rings (SSSR count). The summed E-state index contributed by atoms with van der Waals surface area (Å²) in [5, 5.41) is 9.91. The van der Waals surface area contributed by atoms with Crippen molar-refractivity contribution in [3.63, 3.8) is 0 Å². The van der Waals surface area contributed by atoms with Gasteiger partial charge in [0.1, 0.15) is 5.75 Å². The second kappa shape index (κ2) is 6.87. The Bertz CT molecular complexity index is 704. The second-order valence-corrected chi connectivity index (χ2v) is 7.57. The minimum Gasteiger partial charge on any atom is -0.505 e. The molecule has 0 aliphatic carbocycles. The summed E-state index contributed by atoms with van der Waals surface area (Å²) in [6.45, 7) is 3.18. The third kappa shape index (κ3) is 2.94. The highest BCUT2D eigenvalue weighted by Crippen LogP contribution is 2.42. The Morgan fingerprint density at radius 3 is 2.85 bits per heavy atom. The van der Waals surface area contributed by atoms with Crippen LogP contribution >= 0.6 is 0 Å². The Hall–Kier alpha value is -2.15. The smallest absolute Gasteiger partial charge is 0.276 e. The maximum atomic E-state index is 13.3. The van der Waals surface area contributed by atoms with Crippen LogP contribution in [0.15, 0.2) is 18.3 Å². The molecule has 1 atom stereocenters. The first-order chi connectivity index (χ1) is 12.6.